The molecule has 0 spiro atoms. The van der Waals surface area contributed by atoms with Crippen molar-refractivity contribution < 1.29 is 0 Å². The molecule has 2 aromatic rings. The van der Waals surface area contributed by atoms with Crippen molar-refractivity contribution in [3.05, 3.63) is 48.4 Å². The van der Waals surface area contributed by atoms with Crippen LogP contribution in [-0.4, -0.2) is 31.1 Å². The highest BCUT2D eigenvalue weighted by Gasteiger charge is 2.04. The highest BCUT2D eigenvalue weighted by atomic mass is 15.2. The van der Waals surface area contributed by atoms with E-state index < -0.39 is 0 Å². The van der Waals surface area contributed by atoms with Gasteiger partial charge >= 0.3 is 0 Å². The van der Waals surface area contributed by atoms with Crippen LogP contribution in [-0.2, 0) is 6.54 Å². The summed E-state index contributed by atoms with van der Waals surface area (Å²) in [4.78, 5) is 12.6. The van der Waals surface area contributed by atoms with Gasteiger partial charge in [0, 0.05) is 45.8 Å². The largest absolute Gasteiger partial charge is 0.378 e. The van der Waals surface area contributed by atoms with Gasteiger partial charge in [-0.05, 0) is 17.7 Å². The molecule has 0 aliphatic rings. The molecule has 94 valence electrons. The Morgan fingerprint density at radius 2 is 1.94 bits per heavy atom. The van der Waals surface area contributed by atoms with Crippen LogP contribution >= 0.6 is 0 Å². The maximum atomic E-state index is 4.29. The van der Waals surface area contributed by atoms with Crippen LogP contribution in [0.15, 0.2) is 42.9 Å². The predicted octanol–water partition coefficient (Wildman–Crippen LogP) is 2.18. The molecule has 1 heterocycles. The Bertz CT molecular complexity index is 496. The summed E-state index contributed by atoms with van der Waals surface area (Å²) in [7, 11) is 6.11. The van der Waals surface area contributed by atoms with E-state index in [0.717, 1.165) is 12.4 Å². The van der Waals surface area contributed by atoms with Gasteiger partial charge in [-0.2, -0.15) is 0 Å². The van der Waals surface area contributed by atoms with Gasteiger partial charge in [-0.25, -0.2) is 4.98 Å². The summed E-state index contributed by atoms with van der Waals surface area (Å²) in [6.07, 6.45) is 5.17. The second kappa shape index (κ2) is 5.49. The van der Waals surface area contributed by atoms with Crippen molar-refractivity contribution >= 4 is 11.5 Å². The zero-order chi connectivity index (χ0) is 13.0. The van der Waals surface area contributed by atoms with Gasteiger partial charge in [0.05, 0.1) is 6.20 Å². The third-order valence-electron chi connectivity index (χ3n) is 2.79. The highest BCUT2D eigenvalue weighted by Crippen LogP contribution is 2.16. The second-order valence-corrected chi connectivity index (χ2v) is 4.48. The predicted molar refractivity (Wildman–Crippen MR) is 74.9 cm³/mol. The quantitative estimate of drug-likeness (QED) is 0.822. The normalized spacial score (nSPS) is 10.2. The molecule has 0 saturated carbocycles. The lowest BCUT2D eigenvalue weighted by atomic mass is 10.2. The van der Waals surface area contributed by atoms with E-state index in [9.17, 15) is 0 Å². The van der Waals surface area contributed by atoms with E-state index in [1.165, 1.54) is 11.3 Å². The highest BCUT2D eigenvalue weighted by molar-refractivity contribution is 5.48. The van der Waals surface area contributed by atoms with E-state index in [4.69, 9.17) is 0 Å². The molecule has 0 aliphatic carbocycles. The summed E-state index contributed by atoms with van der Waals surface area (Å²) in [5.41, 5.74) is 2.47. The molecule has 0 fully saturated rings. The molecule has 18 heavy (non-hydrogen) atoms. The third-order valence-corrected chi connectivity index (χ3v) is 2.79. The van der Waals surface area contributed by atoms with Gasteiger partial charge in [-0.15, -0.1) is 0 Å². The molecule has 0 bridgehead atoms. The third kappa shape index (κ3) is 2.97. The Morgan fingerprint density at radius 3 is 2.61 bits per heavy atom. The van der Waals surface area contributed by atoms with Gasteiger partial charge < -0.3 is 9.80 Å². The van der Waals surface area contributed by atoms with Gasteiger partial charge in [-0.3, -0.25) is 4.98 Å². The van der Waals surface area contributed by atoms with E-state index in [-0.39, 0.29) is 0 Å². The fraction of sp³-hybridized carbons (Fsp3) is 0.286. The van der Waals surface area contributed by atoms with E-state index in [0.29, 0.717) is 0 Å². The van der Waals surface area contributed by atoms with Crippen molar-refractivity contribution in [2.45, 2.75) is 6.54 Å². The summed E-state index contributed by atoms with van der Waals surface area (Å²) < 4.78 is 0. The first-order valence-electron chi connectivity index (χ1n) is 5.90. The molecule has 4 heteroatoms. The molecular formula is C14H18N4. The number of hydrogen-bond acceptors (Lipinski definition) is 4. The first-order chi connectivity index (χ1) is 8.66. The molecular weight excluding hydrogens is 224 g/mol. The Kier molecular flexibility index (Phi) is 3.77. The van der Waals surface area contributed by atoms with Gasteiger partial charge in [0.2, 0.25) is 0 Å². The molecule has 0 N–H and O–H groups in total. The molecule has 0 aliphatic heterocycles. The van der Waals surface area contributed by atoms with Crippen LogP contribution in [0.25, 0.3) is 0 Å². The standard InChI is InChI=1S/C14H18N4/c1-17(2)13-6-4-5-12(9-13)11-18(3)14-10-15-7-8-16-14/h4-10H,11H2,1-3H3. The number of aromatic nitrogens is 2. The number of anilines is 2. The van der Waals surface area contributed by atoms with Crippen LogP contribution in [0, 0.1) is 0 Å². The van der Waals surface area contributed by atoms with E-state index in [1.807, 2.05) is 21.1 Å². The molecule has 0 unspecified atom stereocenters. The average molecular weight is 242 g/mol. The molecule has 2 rings (SSSR count). The van der Waals surface area contributed by atoms with Crippen molar-refractivity contribution in [2.24, 2.45) is 0 Å². The van der Waals surface area contributed by atoms with E-state index in [1.54, 1.807) is 18.6 Å². The molecule has 4 nitrogen and oxygen atoms in total. The van der Waals surface area contributed by atoms with Crippen molar-refractivity contribution in [3.8, 4) is 0 Å². The Hall–Kier alpha value is -2.10. The van der Waals surface area contributed by atoms with Crippen LogP contribution in [0.1, 0.15) is 5.56 Å². The van der Waals surface area contributed by atoms with E-state index in [2.05, 4.69) is 44.0 Å². The summed E-state index contributed by atoms with van der Waals surface area (Å²) in [5.74, 6) is 0.882. The Balaban J connectivity index is 2.12. The van der Waals surface area contributed by atoms with Gasteiger partial charge in [0.25, 0.3) is 0 Å². The summed E-state index contributed by atoms with van der Waals surface area (Å²) in [6, 6.07) is 8.49. The number of hydrogen-bond donors (Lipinski definition) is 0. The van der Waals surface area contributed by atoms with Gasteiger partial charge in [-0.1, -0.05) is 12.1 Å². The van der Waals surface area contributed by atoms with Crippen molar-refractivity contribution in [2.75, 3.05) is 30.9 Å². The van der Waals surface area contributed by atoms with Crippen LogP contribution in [0.4, 0.5) is 11.5 Å². The van der Waals surface area contributed by atoms with Crippen molar-refractivity contribution in [1.29, 1.82) is 0 Å². The monoisotopic (exact) mass is 242 g/mol. The zero-order valence-corrected chi connectivity index (χ0v) is 11.0. The minimum atomic E-state index is 0.820. The lowest BCUT2D eigenvalue weighted by Gasteiger charge is -2.19. The summed E-state index contributed by atoms with van der Waals surface area (Å²) in [6.45, 7) is 0.820. The topological polar surface area (TPSA) is 32.3 Å². The smallest absolute Gasteiger partial charge is 0.147 e. The van der Waals surface area contributed by atoms with Crippen molar-refractivity contribution in [3.63, 3.8) is 0 Å². The van der Waals surface area contributed by atoms with Crippen molar-refractivity contribution in [1.82, 2.24) is 9.97 Å². The number of nitrogens with zero attached hydrogens (tertiary/aromatic N) is 4. The SMILES string of the molecule is CN(C)c1cccc(CN(C)c2cnccn2)c1. The molecule has 1 aromatic carbocycles. The van der Waals surface area contributed by atoms with Crippen LogP contribution in [0.3, 0.4) is 0 Å². The zero-order valence-electron chi connectivity index (χ0n) is 11.0. The fourth-order valence-electron chi connectivity index (χ4n) is 1.78. The lowest BCUT2D eigenvalue weighted by molar-refractivity contribution is 0.889. The van der Waals surface area contributed by atoms with Crippen LogP contribution in [0.5, 0.6) is 0 Å². The fourth-order valence-corrected chi connectivity index (χ4v) is 1.78. The Morgan fingerprint density at radius 1 is 1.11 bits per heavy atom. The average Bonchev–Trinajstić information content (AvgIpc) is 2.40. The summed E-state index contributed by atoms with van der Waals surface area (Å²) in [5, 5.41) is 0. The van der Waals surface area contributed by atoms with Crippen LogP contribution in [0.2, 0.25) is 0 Å². The summed E-state index contributed by atoms with van der Waals surface area (Å²) >= 11 is 0. The van der Waals surface area contributed by atoms with Gasteiger partial charge in [0.15, 0.2) is 0 Å². The number of rotatable bonds is 4. The Labute approximate surface area is 108 Å². The molecule has 0 amide bonds. The van der Waals surface area contributed by atoms with E-state index >= 15 is 0 Å². The first-order valence-corrected chi connectivity index (χ1v) is 5.90. The minimum absolute atomic E-state index is 0.820. The van der Waals surface area contributed by atoms with Gasteiger partial charge in [0.1, 0.15) is 5.82 Å². The maximum Gasteiger partial charge on any atom is 0.147 e. The van der Waals surface area contributed by atoms with Crippen LogP contribution < -0.4 is 9.80 Å². The maximum absolute atomic E-state index is 4.29. The molecule has 0 saturated heterocycles. The molecule has 0 atom stereocenters. The first kappa shape index (κ1) is 12.4. The molecule has 0 radical (unpaired) electrons. The number of benzene rings is 1. The lowest BCUT2D eigenvalue weighted by Crippen LogP contribution is -2.18. The second-order valence-electron chi connectivity index (χ2n) is 4.48. The molecule has 1 aromatic heterocycles. The minimum Gasteiger partial charge on any atom is -0.378 e.